The van der Waals surface area contributed by atoms with Crippen molar-refractivity contribution in [3.8, 4) is 0 Å². The van der Waals surface area contributed by atoms with Crippen molar-refractivity contribution >= 4 is 0 Å². The zero-order valence-corrected chi connectivity index (χ0v) is 38.5. The minimum absolute atomic E-state index is 0.419. The maximum Gasteiger partial charge on any atom is 0.0628 e. The number of nitrogens with zero attached hydrogens (tertiary/aromatic N) is 2. The first-order valence-electron chi connectivity index (χ1n) is 25.5. The van der Waals surface area contributed by atoms with Crippen molar-refractivity contribution in [1.82, 2.24) is 9.97 Å². The van der Waals surface area contributed by atoms with Crippen LogP contribution in [-0.4, -0.2) is 9.97 Å². The molecule has 6 fully saturated rings. The van der Waals surface area contributed by atoms with E-state index < -0.39 is 0 Å². The van der Waals surface area contributed by atoms with Crippen molar-refractivity contribution in [2.75, 3.05) is 0 Å². The van der Waals surface area contributed by atoms with Gasteiger partial charge in [-0.1, -0.05) is 108 Å². The molecule has 2 nitrogen and oxygen atoms in total. The van der Waals surface area contributed by atoms with Crippen molar-refractivity contribution in [3.05, 3.63) is 22.8 Å². The van der Waals surface area contributed by atoms with E-state index in [-0.39, 0.29) is 0 Å². The van der Waals surface area contributed by atoms with Gasteiger partial charge in [-0.2, -0.15) is 0 Å². The van der Waals surface area contributed by atoms with E-state index in [9.17, 15) is 0 Å². The van der Waals surface area contributed by atoms with Crippen LogP contribution in [-0.2, 0) is 25.7 Å². The lowest BCUT2D eigenvalue weighted by molar-refractivity contribution is -0.106. The fraction of sp³-hybridized carbons (Fsp3) is 0.926. The molecule has 0 spiro atoms. The van der Waals surface area contributed by atoms with Gasteiger partial charge in [0.1, 0.15) is 0 Å². The fourth-order valence-electron chi connectivity index (χ4n) is 18.7. The Balaban J connectivity index is 0.893. The summed E-state index contributed by atoms with van der Waals surface area (Å²) < 4.78 is 0. The molecule has 8 aliphatic carbocycles. The molecule has 2 heteroatoms. The quantitative estimate of drug-likeness (QED) is 0.237. The lowest BCUT2D eigenvalue weighted by Gasteiger charge is -2.61. The van der Waals surface area contributed by atoms with Gasteiger partial charge in [-0.3, -0.25) is 9.97 Å². The highest BCUT2D eigenvalue weighted by Crippen LogP contribution is 2.70. The molecule has 0 bridgehead atoms. The van der Waals surface area contributed by atoms with Gasteiger partial charge in [-0.25, -0.2) is 0 Å². The number of rotatable bonds is 10. The van der Waals surface area contributed by atoms with E-state index in [1.54, 1.807) is 0 Å². The monoisotopic (exact) mass is 765 g/mol. The topological polar surface area (TPSA) is 25.8 Å². The van der Waals surface area contributed by atoms with Gasteiger partial charge in [-0.05, 0) is 207 Å². The second-order valence-electron chi connectivity index (χ2n) is 25.1. The van der Waals surface area contributed by atoms with E-state index in [4.69, 9.17) is 9.97 Å². The summed E-state index contributed by atoms with van der Waals surface area (Å²) in [6.45, 7) is 26.0. The molecule has 0 amide bonds. The maximum absolute atomic E-state index is 5.78. The number of hydrogen-bond donors (Lipinski definition) is 0. The Morgan fingerprint density at radius 1 is 0.446 bits per heavy atom. The Kier molecular flexibility index (Phi) is 10.8. The minimum atomic E-state index is 0.419. The van der Waals surface area contributed by atoms with Crippen LogP contribution < -0.4 is 0 Å². The summed E-state index contributed by atoms with van der Waals surface area (Å²) in [7, 11) is 0. The predicted octanol–water partition coefficient (Wildman–Crippen LogP) is 14.5. The van der Waals surface area contributed by atoms with Crippen LogP contribution in [0, 0.1) is 105 Å². The molecule has 0 unspecified atom stereocenters. The molecule has 1 heterocycles. The van der Waals surface area contributed by atoms with E-state index in [0.717, 1.165) is 82.9 Å². The molecule has 16 atom stereocenters. The summed E-state index contributed by atoms with van der Waals surface area (Å²) in [5.41, 5.74) is 7.79. The van der Waals surface area contributed by atoms with Crippen LogP contribution in [0.4, 0.5) is 0 Å². The third-order valence-corrected chi connectivity index (χ3v) is 21.7. The Labute approximate surface area is 346 Å². The van der Waals surface area contributed by atoms with Gasteiger partial charge in [0.2, 0.25) is 0 Å². The predicted molar refractivity (Wildman–Crippen MR) is 235 cm³/mol. The second kappa shape index (κ2) is 14.9. The van der Waals surface area contributed by atoms with Crippen molar-refractivity contribution in [2.24, 2.45) is 105 Å². The van der Waals surface area contributed by atoms with Gasteiger partial charge in [0, 0.05) is 0 Å². The highest BCUT2D eigenvalue weighted by molar-refractivity contribution is 5.31. The van der Waals surface area contributed by atoms with Gasteiger partial charge in [0.05, 0.1) is 22.8 Å². The molecule has 0 aromatic carbocycles. The van der Waals surface area contributed by atoms with E-state index >= 15 is 0 Å². The van der Waals surface area contributed by atoms with Gasteiger partial charge in [-0.15, -0.1) is 0 Å². The first-order valence-corrected chi connectivity index (χ1v) is 25.5. The lowest BCUT2D eigenvalue weighted by Crippen LogP contribution is -2.55. The van der Waals surface area contributed by atoms with Gasteiger partial charge < -0.3 is 0 Å². The zero-order valence-electron chi connectivity index (χ0n) is 38.5. The molecule has 56 heavy (non-hydrogen) atoms. The first-order chi connectivity index (χ1) is 26.7. The van der Waals surface area contributed by atoms with E-state index in [1.165, 1.54) is 164 Å². The number of fused-ring (bicyclic) bond motifs is 12. The molecule has 0 aliphatic heterocycles. The third-order valence-electron chi connectivity index (χ3n) is 21.7. The minimum Gasteiger partial charge on any atom is -0.254 e. The van der Waals surface area contributed by atoms with E-state index in [1.807, 2.05) is 0 Å². The highest BCUT2D eigenvalue weighted by atomic mass is 14.9. The van der Waals surface area contributed by atoms with Crippen LogP contribution in [0.2, 0.25) is 0 Å². The SMILES string of the molecule is CC(C)CCC[C@@H](C)[C@H]1CC[C@H]2[C@@H]3CC[C@H]4Cc5nc6c(nc5C[C@]4(C)[C@H]3CC[C@]12C)C[C@@H]1CC[C@@H]2[C@H](CC[C@]3(C)[C@@H]([C@H](C)CCCC(C)C)CC[C@@H]23)[C@@]1(C)C6. The first kappa shape index (κ1) is 40.5. The van der Waals surface area contributed by atoms with E-state index in [0.29, 0.717) is 21.7 Å². The van der Waals surface area contributed by atoms with Crippen LogP contribution in [0.25, 0.3) is 0 Å². The van der Waals surface area contributed by atoms with Gasteiger partial charge in [0.15, 0.2) is 0 Å². The molecule has 9 rings (SSSR count). The van der Waals surface area contributed by atoms with Crippen LogP contribution >= 0.6 is 0 Å². The van der Waals surface area contributed by atoms with Crippen molar-refractivity contribution in [1.29, 1.82) is 0 Å². The smallest absolute Gasteiger partial charge is 0.0628 e. The third kappa shape index (κ3) is 6.48. The molecule has 1 aromatic rings. The summed E-state index contributed by atoms with van der Waals surface area (Å²) in [5, 5.41) is 0. The molecule has 1 aromatic heterocycles. The summed E-state index contributed by atoms with van der Waals surface area (Å²) in [5.74, 6) is 12.7. The van der Waals surface area contributed by atoms with E-state index in [2.05, 4.69) is 69.2 Å². The largest absolute Gasteiger partial charge is 0.254 e. The molecule has 8 aliphatic rings. The fourth-order valence-corrected chi connectivity index (χ4v) is 18.7. The molecular formula is C54H88N2. The summed E-state index contributed by atoms with van der Waals surface area (Å²) >= 11 is 0. The maximum atomic E-state index is 5.78. The number of hydrogen-bond acceptors (Lipinski definition) is 2. The average molecular weight is 765 g/mol. The molecule has 0 radical (unpaired) electrons. The molecule has 6 saturated carbocycles. The van der Waals surface area contributed by atoms with Crippen LogP contribution in [0.3, 0.4) is 0 Å². The average Bonchev–Trinajstić information content (AvgIpc) is 3.68. The summed E-state index contributed by atoms with van der Waals surface area (Å²) in [6, 6.07) is 0. The van der Waals surface area contributed by atoms with Crippen LogP contribution in [0.5, 0.6) is 0 Å². The Morgan fingerprint density at radius 3 is 1.23 bits per heavy atom. The van der Waals surface area contributed by atoms with Gasteiger partial charge in [0.25, 0.3) is 0 Å². The summed E-state index contributed by atoms with van der Waals surface area (Å²) in [6.07, 6.45) is 31.3. The van der Waals surface area contributed by atoms with Crippen LogP contribution in [0.15, 0.2) is 0 Å². The number of aromatic nitrogens is 2. The normalized spacial score (nSPS) is 46.1. The standard InChI is InChI=1S/C54H88N2/c1-33(2)13-11-15-35(5)41-21-23-43-39-19-17-37-29-47-49(31-53(37,9)45(39)25-27-51(41,43)7)55-48-30-38-18-20-40-44-24-22-42(36(6)16-12-14-34(3)4)52(44,8)28-26-46(40)54(38,10)32-50(48)56-47/h33-46H,11-32H2,1-10H3/t35-,36-,37+,38+,39+,40+,41-,42-,43+,44+,45+,46+,51-,52-,53+,54+/m1/s1. The van der Waals surface area contributed by atoms with Gasteiger partial charge >= 0.3 is 0 Å². The van der Waals surface area contributed by atoms with Crippen molar-refractivity contribution in [2.45, 2.75) is 210 Å². The Hall–Kier alpha value is -0.920. The molecule has 0 N–H and O–H groups in total. The molecular weight excluding hydrogens is 677 g/mol. The summed E-state index contributed by atoms with van der Waals surface area (Å²) in [4.78, 5) is 11.6. The second-order valence-corrected chi connectivity index (χ2v) is 25.1. The Morgan fingerprint density at radius 2 is 0.839 bits per heavy atom. The molecule has 314 valence electrons. The zero-order chi connectivity index (χ0) is 39.4. The van der Waals surface area contributed by atoms with Crippen molar-refractivity contribution in [3.63, 3.8) is 0 Å². The lowest BCUT2D eigenvalue weighted by atomic mass is 9.44. The Bertz CT molecular complexity index is 1460. The highest BCUT2D eigenvalue weighted by Gasteiger charge is 2.63. The molecule has 0 saturated heterocycles. The van der Waals surface area contributed by atoms with Crippen LogP contribution in [0.1, 0.15) is 208 Å². The van der Waals surface area contributed by atoms with Crippen molar-refractivity contribution < 1.29 is 0 Å².